The fourth-order valence-electron chi connectivity index (χ4n) is 6.27. The van der Waals surface area contributed by atoms with Crippen LogP contribution in [-0.2, 0) is 0 Å². The molecule has 7 aromatic rings. The van der Waals surface area contributed by atoms with Gasteiger partial charge >= 0.3 is 0 Å². The molecule has 0 N–H and O–H groups in total. The number of aliphatic imine (C=N–C) groups is 1. The molecule has 0 spiro atoms. The van der Waals surface area contributed by atoms with E-state index in [0.29, 0.717) is 0 Å². The zero-order valence-electron chi connectivity index (χ0n) is 24.3. The Hall–Kier alpha value is -5.73. The predicted molar refractivity (Wildman–Crippen MR) is 186 cm³/mol. The van der Waals surface area contributed by atoms with E-state index in [9.17, 15) is 0 Å². The lowest BCUT2D eigenvalue weighted by atomic mass is 9.98. The van der Waals surface area contributed by atoms with Crippen molar-refractivity contribution in [2.45, 2.75) is 6.42 Å². The van der Waals surface area contributed by atoms with Crippen LogP contribution < -0.4 is 0 Å². The van der Waals surface area contributed by atoms with Gasteiger partial charge in [-0.2, -0.15) is 0 Å². The highest BCUT2D eigenvalue weighted by Crippen LogP contribution is 2.33. The van der Waals surface area contributed by atoms with E-state index in [-0.39, 0.29) is 0 Å². The highest BCUT2D eigenvalue weighted by atomic mass is 15.0. The Morgan fingerprint density at radius 1 is 0.432 bits per heavy atom. The molecule has 0 unspecified atom stereocenters. The van der Waals surface area contributed by atoms with Crippen LogP contribution in [-0.4, -0.2) is 10.3 Å². The Balaban J connectivity index is 1.11. The smallest absolute Gasteiger partial charge is 0.0711 e. The van der Waals surface area contributed by atoms with Crippen LogP contribution in [0.2, 0.25) is 0 Å². The second-order valence-corrected chi connectivity index (χ2v) is 11.2. The minimum Gasteiger partial charge on any atom is -0.309 e. The number of rotatable bonds is 5. The summed E-state index contributed by atoms with van der Waals surface area (Å²) in [7, 11) is 0. The van der Waals surface area contributed by atoms with Crippen LogP contribution in [0, 0.1) is 0 Å². The van der Waals surface area contributed by atoms with Crippen molar-refractivity contribution < 1.29 is 0 Å². The molecule has 0 bridgehead atoms. The first kappa shape index (κ1) is 25.9. The Bertz CT molecular complexity index is 2140. The van der Waals surface area contributed by atoms with Gasteiger partial charge in [0.15, 0.2) is 0 Å². The molecule has 0 saturated carbocycles. The van der Waals surface area contributed by atoms with Crippen molar-refractivity contribution in [2.24, 2.45) is 4.99 Å². The summed E-state index contributed by atoms with van der Waals surface area (Å²) in [6.45, 7) is 0. The van der Waals surface area contributed by atoms with Gasteiger partial charge in [-0.1, -0.05) is 140 Å². The van der Waals surface area contributed by atoms with Gasteiger partial charge in [-0.05, 0) is 58.2 Å². The lowest BCUT2D eigenvalue weighted by Gasteiger charge is -2.10. The maximum atomic E-state index is 5.15. The third-order valence-corrected chi connectivity index (χ3v) is 8.50. The number of aromatic nitrogens is 1. The average molecular weight is 563 g/mol. The molecule has 2 nitrogen and oxygen atoms in total. The Kier molecular flexibility index (Phi) is 6.58. The molecule has 6 aromatic carbocycles. The molecule has 1 aromatic heterocycles. The third-order valence-electron chi connectivity index (χ3n) is 8.50. The summed E-state index contributed by atoms with van der Waals surface area (Å²) in [6, 6.07) is 56.1. The van der Waals surface area contributed by atoms with Crippen LogP contribution in [0.1, 0.15) is 23.1 Å². The second-order valence-electron chi connectivity index (χ2n) is 11.2. The topological polar surface area (TPSA) is 17.3 Å². The third kappa shape index (κ3) is 4.77. The van der Waals surface area contributed by atoms with Gasteiger partial charge < -0.3 is 4.57 Å². The van der Waals surface area contributed by atoms with Gasteiger partial charge in [-0.15, -0.1) is 0 Å². The summed E-state index contributed by atoms with van der Waals surface area (Å²) in [4.78, 5) is 5.15. The van der Waals surface area contributed by atoms with Crippen molar-refractivity contribution >= 4 is 38.8 Å². The summed E-state index contributed by atoms with van der Waals surface area (Å²) < 4.78 is 2.36. The van der Waals surface area contributed by atoms with Gasteiger partial charge in [0.05, 0.1) is 22.4 Å². The summed E-state index contributed by atoms with van der Waals surface area (Å²) in [5, 5.41) is 2.56. The van der Waals surface area contributed by atoms with Crippen LogP contribution in [0.5, 0.6) is 0 Å². The van der Waals surface area contributed by atoms with Crippen molar-refractivity contribution in [1.82, 2.24) is 4.57 Å². The number of benzene rings is 6. The highest BCUT2D eigenvalue weighted by Gasteiger charge is 2.14. The van der Waals surface area contributed by atoms with E-state index in [4.69, 9.17) is 4.99 Å². The minimum atomic E-state index is 0.776. The fraction of sp³-hybridized carbons (Fsp3) is 0.0238. The SMILES string of the molecule is C1=C(c2ccc(-c3ccc(-n4c5ccccc5c5ccccc54)cc3)cc2)C=C(c2ccccc2)N=C(c2ccccc2)C1. The summed E-state index contributed by atoms with van der Waals surface area (Å²) >= 11 is 0. The first-order chi connectivity index (χ1) is 21.8. The number of para-hydroxylation sites is 2. The van der Waals surface area contributed by atoms with Crippen LogP contribution in [0.3, 0.4) is 0 Å². The van der Waals surface area contributed by atoms with E-state index in [1.165, 1.54) is 49.8 Å². The van der Waals surface area contributed by atoms with Crippen LogP contribution in [0.25, 0.3) is 49.9 Å². The van der Waals surface area contributed by atoms with Crippen LogP contribution >= 0.6 is 0 Å². The molecular formula is C42H30N2. The van der Waals surface area contributed by atoms with Gasteiger partial charge in [-0.3, -0.25) is 4.99 Å². The second kappa shape index (κ2) is 11.2. The lowest BCUT2D eigenvalue weighted by molar-refractivity contribution is 1.18. The normalized spacial score (nSPS) is 13.3. The van der Waals surface area contributed by atoms with E-state index in [0.717, 1.165) is 29.0 Å². The quantitative estimate of drug-likeness (QED) is 0.199. The number of nitrogens with zero attached hydrogens (tertiary/aromatic N) is 2. The molecule has 2 heteroatoms. The van der Waals surface area contributed by atoms with Crippen molar-refractivity contribution in [3.05, 3.63) is 187 Å². The molecule has 1 aliphatic heterocycles. The number of allylic oxidation sites excluding steroid dienone is 3. The van der Waals surface area contributed by atoms with Gasteiger partial charge in [0.25, 0.3) is 0 Å². The lowest BCUT2D eigenvalue weighted by Crippen LogP contribution is -1.99. The predicted octanol–water partition coefficient (Wildman–Crippen LogP) is 10.8. The zero-order valence-corrected chi connectivity index (χ0v) is 24.3. The molecule has 0 aliphatic carbocycles. The molecule has 208 valence electrons. The highest BCUT2D eigenvalue weighted by molar-refractivity contribution is 6.09. The van der Waals surface area contributed by atoms with Gasteiger partial charge in [0.1, 0.15) is 0 Å². The van der Waals surface area contributed by atoms with E-state index < -0.39 is 0 Å². The summed E-state index contributed by atoms with van der Waals surface area (Å²) in [5.41, 5.74) is 12.7. The average Bonchev–Trinajstić information content (AvgIpc) is 3.27. The summed E-state index contributed by atoms with van der Waals surface area (Å²) in [5.74, 6) is 0. The van der Waals surface area contributed by atoms with Crippen molar-refractivity contribution in [3.63, 3.8) is 0 Å². The van der Waals surface area contributed by atoms with Crippen LogP contribution in [0.4, 0.5) is 0 Å². The Labute approximate surface area is 257 Å². The largest absolute Gasteiger partial charge is 0.309 e. The van der Waals surface area contributed by atoms with Gasteiger partial charge in [-0.25, -0.2) is 0 Å². The maximum Gasteiger partial charge on any atom is 0.0711 e. The van der Waals surface area contributed by atoms with Crippen molar-refractivity contribution in [1.29, 1.82) is 0 Å². The molecule has 8 rings (SSSR count). The summed E-state index contributed by atoms with van der Waals surface area (Å²) in [6.07, 6.45) is 5.30. The zero-order chi connectivity index (χ0) is 29.3. The first-order valence-electron chi connectivity index (χ1n) is 15.1. The standard InChI is InChI=1S/C42H30N2/c1-3-11-33(12-4-1)39-28-25-35(29-40(43-39)34-13-5-2-6-14-34)32-21-19-30(20-22-32)31-23-26-36(27-24-31)44-41-17-9-7-15-37(41)38-16-8-10-18-42(38)44/h1-27,29H,28H2. The van der Waals surface area contributed by atoms with Crippen molar-refractivity contribution in [2.75, 3.05) is 0 Å². The Morgan fingerprint density at radius 2 is 0.932 bits per heavy atom. The van der Waals surface area contributed by atoms with E-state index in [2.05, 4.69) is 168 Å². The van der Waals surface area contributed by atoms with Gasteiger partial charge in [0.2, 0.25) is 0 Å². The molecule has 0 fully saturated rings. The number of fused-ring (bicyclic) bond motifs is 3. The molecule has 0 atom stereocenters. The Morgan fingerprint density at radius 3 is 1.55 bits per heavy atom. The first-order valence-corrected chi connectivity index (χ1v) is 15.1. The molecule has 44 heavy (non-hydrogen) atoms. The minimum absolute atomic E-state index is 0.776. The number of hydrogen-bond acceptors (Lipinski definition) is 1. The van der Waals surface area contributed by atoms with E-state index in [1.807, 2.05) is 6.07 Å². The maximum absolute atomic E-state index is 5.15. The molecule has 0 saturated heterocycles. The van der Waals surface area contributed by atoms with Gasteiger partial charge in [0, 0.05) is 28.4 Å². The molecule has 2 heterocycles. The van der Waals surface area contributed by atoms with Crippen molar-refractivity contribution in [3.8, 4) is 16.8 Å². The molecule has 0 radical (unpaired) electrons. The number of hydrogen-bond donors (Lipinski definition) is 0. The fourth-order valence-corrected chi connectivity index (χ4v) is 6.27. The monoisotopic (exact) mass is 562 g/mol. The van der Waals surface area contributed by atoms with E-state index in [1.54, 1.807) is 0 Å². The molecule has 0 amide bonds. The van der Waals surface area contributed by atoms with Crippen LogP contribution in [0.15, 0.2) is 175 Å². The molecular weight excluding hydrogens is 532 g/mol. The molecule has 1 aliphatic rings. The van der Waals surface area contributed by atoms with E-state index >= 15 is 0 Å².